The molecule has 5 heterocycles. The third-order valence-corrected chi connectivity index (χ3v) is 8.68. The van der Waals surface area contributed by atoms with Crippen LogP contribution in [0.2, 0.25) is 0 Å². The lowest BCUT2D eigenvalue weighted by Crippen LogP contribution is -2.56. The van der Waals surface area contributed by atoms with E-state index in [1.165, 1.54) is 21.1 Å². The number of hydrogen-bond acceptors (Lipinski definition) is 8. The molecule has 2 aromatic carbocycles. The second-order valence-electron chi connectivity index (χ2n) is 10.2. The molecule has 11 heteroatoms. The van der Waals surface area contributed by atoms with Crippen LogP contribution in [-0.2, 0) is 17.9 Å². The van der Waals surface area contributed by atoms with Gasteiger partial charge in [0.05, 0.1) is 18.5 Å². The number of nitrogens with zero attached hydrogens (tertiary/aromatic N) is 6. The molecule has 1 N–H and O–H groups in total. The van der Waals surface area contributed by atoms with Crippen LogP contribution in [0.1, 0.15) is 27.9 Å². The third kappa shape index (κ3) is 4.37. The van der Waals surface area contributed by atoms with E-state index in [-0.39, 0.29) is 24.8 Å². The molecule has 0 atom stereocenters. The van der Waals surface area contributed by atoms with E-state index in [0.29, 0.717) is 12.1 Å². The van der Waals surface area contributed by atoms with Crippen LogP contribution in [0.4, 0.5) is 10.6 Å². The van der Waals surface area contributed by atoms with Gasteiger partial charge in [0, 0.05) is 55.7 Å². The number of thiophene rings is 1. The number of amides is 4. The number of benzene rings is 2. The number of hydrazine groups is 1. The summed E-state index contributed by atoms with van der Waals surface area (Å²) in [4.78, 5) is 51.8. The standard InChI is InChI=1S/C29H27N7O3S/c37-24-8-9-35(29(39)32-24)36-16-21-14-19(6-7-22(21)28(36)38)15-33-10-12-34(13-11-33)26-25-23(20-4-2-1-3-5-20)17-40-27(25)31-18-30-26/h1-7,14,17-18H,8-13,15-16H2,(H,32,37,39). The Kier molecular flexibility index (Phi) is 6.17. The van der Waals surface area contributed by atoms with Crippen LogP contribution in [-0.4, -0.2) is 75.5 Å². The quantitative estimate of drug-likeness (QED) is 0.404. The highest BCUT2D eigenvalue weighted by atomic mass is 32.1. The van der Waals surface area contributed by atoms with E-state index >= 15 is 0 Å². The van der Waals surface area contributed by atoms with Crippen LogP contribution in [0.5, 0.6) is 0 Å². The Balaban J connectivity index is 1.03. The van der Waals surface area contributed by atoms with Crippen molar-refractivity contribution >= 4 is 45.2 Å². The fourth-order valence-corrected chi connectivity index (χ4v) is 6.65. The molecule has 0 saturated carbocycles. The van der Waals surface area contributed by atoms with E-state index in [1.807, 2.05) is 18.2 Å². The maximum Gasteiger partial charge on any atom is 0.342 e. The average molecular weight is 554 g/mol. The molecular weight excluding hydrogens is 526 g/mol. The van der Waals surface area contributed by atoms with Gasteiger partial charge >= 0.3 is 6.03 Å². The predicted molar refractivity (Wildman–Crippen MR) is 152 cm³/mol. The fourth-order valence-electron chi connectivity index (χ4n) is 5.74. The van der Waals surface area contributed by atoms with Crippen molar-refractivity contribution in [3.05, 3.63) is 76.9 Å². The summed E-state index contributed by atoms with van der Waals surface area (Å²) in [6.45, 7) is 4.80. The van der Waals surface area contributed by atoms with Gasteiger partial charge in [0.15, 0.2) is 0 Å². The van der Waals surface area contributed by atoms with E-state index in [4.69, 9.17) is 4.98 Å². The monoisotopic (exact) mass is 553 g/mol. The Morgan fingerprint density at radius 2 is 1.70 bits per heavy atom. The zero-order valence-corrected chi connectivity index (χ0v) is 22.6. The highest BCUT2D eigenvalue weighted by Crippen LogP contribution is 2.38. The number of anilines is 1. The van der Waals surface area contributed by atoms with Crippen molar-refractivity contribution < 1.29 is 14.4 Å². The molecule has 3 aliphatic rings. The summed E-state index contributed by atoms with van der Waals surface area (Å²) in [5.74, 6) is 0.465. The highest BCUT2D eigenvalue weighted by molar-refractivity contribution is 7.17. The minimum absolute atomic E-state index is 0.184. The molecule has 2 saturated heterocycles. The van der Waals surface area contributed by atoms with E-state index in [0.717, 1.165) is 59.9 Å². The lowest BCUT2D eigenvalue weighted by atomic mass is 10.1. The van der Waals surface area contributed by atoms with Crippen LogP contribution < -0.4 is 10.2 Å². The van der Waals surface area contributed by atoms with Gasteiger partial charge in [-0.25, -0.2) is 24.8 Å². The van der Waals surface area contributed by atoms with E-state index < -0.39 is 6.03 Å². The number of carbonyl (C=O) groups excluding carboxylic acids is 3. The first-order valence-electron chi connectivity index (χ1n) is 13.3. The Hall–Kier alpha value is -4.35. The SMILES string of the molecule is O=C1CCN(N2Cc3cc(CN4CCN(c5ncnc6scc(-c7ccccc7)c56)CC4)ccc3C2=O)C(=O)N1. The molecule has 7 rings (SSSR count). The third-order valence-electron chi connectivity index (χ3n) is 7.79. The minimum atomic E-state index is -0.546. The molecule has 0 spiro atoms. The predicted octanol–water partition coefficient (Wildman–Crippen LogP) is 3.49. The maximum absolute atomic E-state index is 13.0. The van der Waals surface area contributed by atoms with Crippen LogP contribution in [0, 0.1) is 0 Å². The van der Waals surface area contributed by atoms with Gasteiger partial charge in [0.2, 0.25) is 5.91 Å². The first-order chi connectivity index (χ1) is 19.5. The molecule has 10 nitrogen and oxygen atoms in total. The first kappa shape index (κ1) is 24.7. The van der Waals surface area contributed by atoms with Crippen molar-refractivity contribution in [3.8, 4) is 11.1 Å². The largest absolute Gasteiger partial charge is 0.353 e. The number of rotatable bonds is 5. The first-order valence-corrected chi connectivity index (χ1v) is 14.2. The van der Waals surface area contributed by atoms with Gasteiger partial charge in [0.25, 0.3) is 5.91 Å². The van der Waals surface area contributed by atoms with Gasteiger partial charge in [-0.1, -0.05) is 42.5 Å². The second-order valence-corrected chi connectivity index (χ2v) is 11.1. The normalized spacial score (nSPS) is 18.0. The number of urea groups is 1. The molecule has 2 fully saturated rings. The number of hydrogen-bond donors (Lipinski definition) is 1. The summed E-state index contributed by atoms with van der Waals surface area (Å²) >= 11 is 1.65. The lowest BCUT2D eigenvalue weighted by Gasteiger charge is -2.35. The molecule has 4 amide bonds. The summed E-state index contributed by atoms with van der Waals surface area (Å²) in [5.41, 5.74) is 4.99. The Morgan fingerprint density at radius 3 is 2.50 bits per heavy atom. The summed E-state index contributed by atoms with van der Waals surface area (Å²) in [5, 5.41) is 8.35. The summed E-state index contributed by atoms with van der Waals surface area (Å²) < 4.78 is 0. The van der Waals surface area contributed by atoms with Crippen molar-refractivity contribution in [1.29, 1.82) is 0 Å². The van der Waals surface area contributed by atoms with Crippen molar-refractivity contribution in [2.45, 2.75) is 19.5 Å². The Bertz CT molecular complexity index is 1630. The lowest BCUT2D eigenvalue weighted by molar-refractivity contribution is -0.123. The molecule has 3 aliphatic heterocycles. The summed E-state index contributed by atoms with van der Waals surface area (Å²) in [7, 11) is 0. The Morgan fingerprint density at radius 1 is 0.875 bits per heavy atom. The van der Waals surface area contributed by atoms with Gasteiger partial charge in [-0.15, -0.1) is 11.3 Å². The van der Waals surface area contributed by atoms with Crippen molar-refractivity contribution in [2.24, 2.45) is 0 Å². The zero-order chi connectivity index (χ0) is 27.2. The van der Waals surface area contributed by atoms with Crippen molar-refractivity contribution in [3.63, 3.8) is 0 Å². The van der Waals surface area contributed by atoms with E-state index in [1.54, 1.807) is 17.7 Å². The number of carbonyl (C=O) groups is 3. The fraction of sp³-hybridized carbons (Fsp3) is 0.276. The number of piperazine rings is 1. The van der Waals surface area contributed by atoms with Crippen LogP contribution in [0.15, 0.2) is 60.2 Å². The van der Waals surface area contributed by atoms with Gasteiger partial charge in [-0.3, -0.25) is 19.8 Å². The molecule has 0 radical (unpaired) electrons. The van der Waals surface area contributed by atoms with Crippen LogP contribution >= 0.6 is 11.3 Å². The molecule has 4 aromatic rings. The molecule has 0 unspecified atom stereocenters. The van der Waals surface area contributed by atoms with Crippen LogP contribution in [0.25, 0.3) is 21.3 Å². The Labute approximate surface area is 234 Å². The number of aromatic nitrogens is 2. The molecule has 0 bridgehead atoms. The highest BCUT2D eigenvalue weighted by Gasteiger charge is 2.37. The molecule has 2 aromatic heterocycles. The van der Waals surface area contributed by atoms with Gasteiger partial charge in [0.1, 0.15) is 17.0 Å². The van der Waals surface area contributed by atoms with Crippen molar-refractivity contribution in [2.75, 3.05) is 37.6 Å². The molecule has 40 heavy (non-hydrogen) atoms. The van der Waals surface area contributed by atoms with Crippen molar-refractivity contribution in [1.82, 2.24) is 30.2 Å². The van der Waals surface area contributed by atoms with Gasteiger partial charge < -0.3 is 4.90 Å². The smallest absolute Gasteiger partial charge is 0.342 e. The number of imide groups is 1. The minimum Gasteiger partial charge on any atom is -0.353 e. The maximum atomic E-state index is 13.0. The van der Waals surface area contributed by atoms with E-state index in [2.05, 4.69) is 55.8 Å². The summed E-state index contributed by atoms with van der Waals surface area (Å²) in [6.07, 6.45) is 1.85. The van der Waals surface area contributed by atoms with Gasteiger partial charge in [-0.05, 0) is 22.8 Å². The summed E-state index contributed by atoms with van der Waals surface area (Å²) in [6, 6.07) is 15.8. The number of fused-ring (bicyclic) bond motifs is 2. The number of nitrogens with one attached hydrogen (secondary N) is 1. The van der Waals surface area contributed by atoms with Gasteiger partial charge in [-0.2, -0.15) is 0 Å². The second kappa shape index (κ2) is 10.00. The molecular formula is C29H27N7O3S. The molecule has 0 aliphatic carbocycles. The topological polar surface area (TPSA) is 102 Å². The zero-order valence-electron chi connectivity index (χ0n) is 21.7. The molecule has 202 valence electrons. The van der Waals surface area contributed by atoms with E-state index in [9.17, 15) is 14.4 Å². The average Bonchev–Trinajstić information content (AvgIpc) is 3.55. The van der Waals surface area contributed by atoms with Crippen LogP contribution in [0.3, 0.4) is 0 Å².